The maximum absolute atomic E-state index is 12.3. The van der Waals surface area contributed by atoms with Gasteiger partial charge in [0.2, 0.25) is 5.91 Å². The number of benzene rings is 2. The Morgan fingerprint density at radius 3 is 2.47 bits per heavy atom. The van der Waals surface area contributed by atoms with Crippen molar-refractivity contribution in [2.45, 2.75) is 32.4 Å². The summed E-state index contributed by atoms with van der Waals surface area (Å²) in [7, 11) is 1.61. The molecule has 5 nitrogen and oxygen atoms in total. The number of hydrogen-bond acceptors (Lipinski definition) is 5. The van der Waals surface area contributed by atoms with Gasteiger partial charge in [-0.1, -0.05) is 6.92 Å². The molecule has 30 heavy (non-hydrogen) atoms. The highest BCUT2D eigenvalue weighted by atomic mass is 32.2. The van der Waals surface area contributed by atoms with Crippen LogP contribution in [0.25, 0.3) is 0 Å². The number of rotatable bonds is 8. The molecule has 1 heterocycles. The third-order valence-electron chi connectivity index (χ3n) is 5.48. The Morgan fingerprint density at radius 1 is 1.13 bits per heavy atom. The summed E-state index contributed by atoms with van der Waals surface area (Å²) >= 11 is 1.50. The topological polar surface area (TPSA) is 58.6 Å². The lowest BCUT2D eigenvalue weighted by atomic mass is 9.99. The highest BCUT2D eigenvalue weighted by molar-refractivity contribution is 7.99. The molecule has 0 saturated carbocycles. The first-order valence-corrected chi connectivity index (χ1v) is 11.5. The molecule has 0 aliphatic carbocycles. The summed E-state index contributed by atoms with van der Waals surface area (Å²) in [6.07, 6.45) is 2.46. The molecule has 0 unspecified atom stereocenters. The average molecular weight is 427 g/mol. The Hall–Kier alpha value is -2.47. The Labute approximate surface area is 183 Å². The number of ether oxygens (including phenoxy) is 1. The molecule has 0 aromatic heterocycles. The number of thioether (sulfide) groups is 1. The summed E-state index contributed by atoms with van der Waals surface area (Å²) < 4.78 is 5.37. The number of methoxy groups -OCH3 is 1. The zero-order valence-corrected chi connectivity index (χ0v) is 18.8. The molecule has 2 aromatic carbocycles. The fraction of sp³-hybridized carbons (Fsp3) is 0.417. The number of anilines is 2. The van der Waals surface area contributed by atoms with Gasteiger partial charge in [-0.3, -0.25) is 9.59 Å². The normalized spacial score (nSPS) is 14.4. The van der Waals surface area contributed by atoms with Gasteiger partial charge in [-0.2, -0.15) is 0 Å². The molecule has 0 bridgehead atoms. The molecule has 1 aliphatic rings. The van der Waals surface area contributed by atoms with E-state index in [4.69, 9.17) is 4.74 Å². The largest absolute Gasteiger partial charge is 0.496 e. The van der Waals surface area contributed by atoms with Gasteiger partial charge in [-0.15, -0.1) is 11.8 Å². The van der Waals surface area contributed by atoms with Crippen LogP contribution in [0.5, 0.6) is 5.75 Å². The second kappa shape index (κ2) is 10.5. The first-order chi connectivity index (χ1) is 14.5. The smallest absolute Gasteiger partial charge is 0.234 e. The van der Waals surface area contributed by atoms with Gasteiger partial charge >= 0.3 is 0 Å². The van der Waals surface area contributed by atoms with Crippen LogP contribution < -0.4 is 15.0 Å². The number of piperidine rings is 1. The Kier molecular flexibility index (Phi) is 7.80. The number of carbonyl (C=O) groups is 2. The van der Waals surface area contributed by atoms with E-state index in [0.717, 1.165) is 36.0 Å². The number of amides is 1. The van der Waals surface area contributed by atoms with Crippen LogP contribution in [0.1, 0.15) is 42.6 Å². The van der Waals surface area contributed by atoms with E-state index in [2.05, 4.69) is 29.3 Å². The van der Waals surface area contributed by atoms with E-state index >= 15 is 0 Å². The predicted molar refractivity (Wildman–Crippen MR) is 125 cm³/mol. The van der Waals surface area contributed by atoms with Crippen molar-refractivity contribution < 1.29 is 14.3 Å². The minimum atomic E-state index is -0.0405. The van der Waals surface area contributed by atoms with E-state index in [1.807, 2.05) is 18.2 Å². The fourth-order valence-corrected chi connectivity index (χ4v) is 4.39. The molecule has 0 radical (unpaired) electrons. The average Bonchev–Trinajstić information content (AvgIpc) is 2.75. The van der Waals surface area contributed by atoms with Crippen LogP contribution in [0, 0.1) is 5.92 Å². The summed E-state index contributed by atoms with van der Waals surface area (Å²) in [6, 6.07) is 13.5. The van der Waals surface area contributed by atoms with E-state index in [-0.39, 0.29) is 11.7 Å². The molecular weight excluding hydrogens is 396 g/mol. The number of Topliss-reactive ketones (excluding diaryl/α,β-unsaturated/α-hetero) is 1. The number of hydrogen-bond donors (Lipinski definition) is 1. The van der Waals surface area contributed by atoms with Gasteiger partial charge in [-0.05, 0) is 68.1 Å². The van der Waals surface area contributed by atoms with Crippen molar-refractivity contribution in [3.63, 3.8) is 0 Å². The van der Waals surface area contributed by atoms with E-state index in [1.165, 1.54) is 30.3 Å². The number of nitrogens with zero attached hydrogens (tertiary/aromatic N) is 1. The van der Waals surface area contributed by atoms with E-state index in [1.54, 1.807) is 26.2 Å². The Bertz CT molecular complexity index is 875. The van der Waals surface area contributed by atoms with E-state index in [0.29, 0.717) is 17.1 Å². The van der Waals surface area contributed by atoms with Crippen LogP contribution in [0.3, 0.4) is 0 Å². The molecule has 160 valence electrons. The van der Waals surface area contributed by atoms with Crippen LogP contribution in [0.4, 0.5) is 11.4 Å². The number of nitrogens with one attached hydrogen (secondary N) is 1. The molecule has 3 rings (SSSR count). The standard InChI is InChI=1S/C24H30N2O3S/c1-17-10-12-26(13-11-17)22-7-5-21(6-8-22)25-24(28)16-30-15-20-14-19(18(2)27)4-9-23(20)29-3/h4-9,14,17H,10-13,15-16H2,1-3H3,(H,25,28). The van der Waals surface area contributed by atoms with Crippen molar-refractivity contribution in [3.8, 4) is 5.75 Å². The van der Waals surface area contributed by atoms with Crippen molar-refractivity contribution in [2.24, 2.45) is 5.92 Å². The summed E-state index contributed by atoms with van der Waals surface area (Å²) in [6.45, 7) is 6.04. The molecule has 1 aliphatic heterocycles. The molecule has 0 spiro atoms. The van der Waals surface area contributed by atoms with Gasteiger partial charge in [0.15, 0.2) is 5.78 Å². The maximum Gasteiger partial charge on any atom is 0.234 e. The Morgan fingerprint density at radius 2 is 1.83 bits per heavy atom. The predicted octanol–water partition coefficient (Wildman–Crippen LogP) is 5.01. The molecule has 1 fully saturated rings. The van der Waals surface area contributed by atoms with Crippen LogP contribution in [-0.4, -0.2) is 37.6 Å². The minimum Gasteiger partial charge on any atom is -0.496 e. The molecule has 1 saturated heterocycles. The third kappa shape index (κ3) is 6.02. The van der Waals surface area contributed by atoms with Gasteiger partial charge in [0, 0.05) is 41.3 Å². The molecule has 2 aromatic rings. The van der Waals surface area contributed by atoms with Crippen molar-refractivity contribution >= 4 is 34.8 Å². The maximum atomic E-state index is 12.3. The SMILES string of the molecule is COc1ccc(C(C)=O)cc1CSCC(=O)Nc1ccc(N2CCC(C)CC2)cc1. The van der Waals surface area contributed by atoms with Gasteiger partial charge in [-0.25, -0.2) is 0 Å². The summed E-state index contributed by atoms with van der Waals surface area (Å²) in [5.41, 5.74) is 3.60. The molecular formula is C24H30N2O3S. The third-order valence-corrected chi connectivity index (χ3v) is 6.46. The van der Waals surface area contributed by atoms with Gasteiger partial charge in [0.05, 0.1) is 12.9 Å². The van der Waals surface area contributed by atoms with Crippen molar-refractivity contribution in [1.29, 1.82) is 0 Å². The number of carbonyl (C=O) groups excluding carboxylic acids is 2. The first-order valence-electron chi connectivity index (χ1n) is 10.4. The van der Waals surface area contributed by atoms with E-state index < -0.39 is 0 Å². The minimum absolute atomic E-state index is 0.0177. The van der Waals surface area contributed by atoms with Crippen LogP contribution >= 0.6 is 11.8 Å². The quantitative estimate of drug-likeness (QED) is 0.602. The highest BCUT2D eigenvalue weighted by Crippen LogP contribution is 2.26. The van der Waals surface area contributed by atoms with Crippen LogP contribution in [-0.2, 0) is 10.5 Å². The lowest BCUT2D eigenvalue weighted by molar-refractivity contribution is -0.113. The summed E-state index contributed by atoms with van der Waals surface area (Å²) in [4.78, 5) is 26.3. The second-order valence-electron chi connectivity index (χ2n) is 7.84. The highest BCUT2D eigenvalue weighted by Gasteiger charge is 2.16. The van der Waals surface area contributed by atoms with Crippen LogP contribution in [0.2, 0.25) is 0 Å². The zero-order valence-electron chi connectivity index (χ0n) is 17.9. The fourth-order valence-electron chi connectivity index (χ4n) is 3.58. The van der Waals surface area contributed by atoms with Crippen molar-refractivity contribution in [1.82, 2.24) is 0 Å². The molecule has 6 heteroatoms. The lowest BCUT2D eigenvalue weighted by Crippen LogP contribution is -2.32. The lowest BCUT2D eigenvalue weighted by Gasteiger charge is -2.32. The van der Waals surface area contributed by atoms with Crippen molar-refractivity contribution in [2.75, 3.05) is 36.2 Å². The first kappa shape index (κ1) is 22.2. The van der Waals surface area contributed by atoms with E-state index in [9.17, 15) is 9.59 Å². The van der Waals surface area contributed by atoms with Crippen LogP contribution in [0.15, 0.2) is 42.5 Å². The second-order valence-corrected chi connectivity index (χ2v) is 8.83. The zero-order chi connectivity index (χ0) is 21.5. The van der Waals surface area contributed by atoms with Crippen molar-refractivity contribution in [3.05, 3.63) is 53.6 Å². The summed E-state index contributed by atoms with van der Waals surface area (Å²) in [5, 5.41) is 2.96. The summed E-state index contributed by atoms with van der Waals surface area (Å²) in [5.74, 6) is 2.45. The molecule has 1 amide bonds. The Balaban J connectivity index is 1.49. The van der Waals surface area contributed by atoms with Gasteiger partial charge in [0.25, 0.3) is 0 Å². The monoisotopic (exact) mass is 426 g/mol. The van der Waals surface area contributed by atoms with Gasteiger partial charge in [0.1, 0.15) is 5.75 Å². The molecule has 0 atom stereocenters. The number of ketones is 1. The molecule has 1 N–H and O–H groups in total. The van der Waals surface area contributed by atoms with Gasteiger partial charge < -0.3 is 15.0 Å².